The Morgan fingerprint density at radius 2 is 1.66 bits per heavy atom. The van der Waals surface area contributed by atoms with Crippen LogP contribution in [0.1, 0.15) is 25.8 Å². The normalized spacial score (nSPS) is 13.4. The number of hydrogen-bond donors (Lipinski definition) is 2. The summed E-state index contributed by atoms with van der Waals surface area (Å²) in [7, 11) is 4.79. The summed E-state index contributed by atoms with van der Waals surface area (Å²) in [5.41, 5.74) is 1.80. The van der Waals surface area contributed by atoms with Crippen LogP contribution < -0.4 is 34.3 Å². The van der Waals surface area contributed by atoms with Crippen molar-refractivity contribution < 1.29 is 23.7 Å². The van der Waals surface area contributed by atoms with Crippen LogP contribution in [-0.2, 0) is 6.54 Å². The molecule has 0 aliphatic carbocycles. The lowest BCUT2D eigenvalue weighted by Gasteiger charge is -2.16. The fourth-order valence-corrected chi connectivity index (χ4v) is 3.22. The van der Waals surface area contributed by atoms with Gasteiger partial charge in [0, 0.05) is 24.7 Å². The van der Waals surface area contributed by atoms with Gasteiger partial charge in [-0.3, -0.25) is 0 Å². The Kier molecular flexibility index (Phi) is 8.30. The number of methoxy groups -OCH3 is 3. The van der Waals surface area contributed by atoms with Gasteiger partial charge in [-0.25, -0.2) is 4.99 Å². The summed E-state index contributed by atoms with van der Waals surface area (Å²) in [6, 6.07) is 9.62. The highest BCUT2D eigenvalue weighted by atomic mass is 16.5. The van der Waals surface area contributed by atoms with Crippen LogP contribution in [0.3, 0.4) is 0 Å². The Morgan fingerprint density at radius 3 is 2.28 bits per heavy atom. The molecule has 0 radical (unpaired) electrons. The SMILES string of the molecule is COc1cc(CN=C(NCC(C)C)Nc2ccc3c(c2)OCCCO3)cc(OC)c1OC. The van der Waals surface area contributed by atoms with Gasteiger partial charge < -0.3 is 34.3 Å². The first-order chi connectivity index (χ1) is 15.5. The molecule has 3 rings (SSSR count). The molecule has 8 heteroatoms. The molecule has 2 N–H and O–H groups in total. The molecule has 32 heavy (non-hydrogen) atoms. The summed E-state index contributed by atoms with van der Waals surface area (Å²) in [5, 5.41) is 6.76. The standard InChI is InChI=1S/C24H33N3O5/c1-16(2)14-25-24(27-18-7-8-19-20(13-18)32-10-6-9-31-19)26-15-17-11-21(28-3)23(30-5)22(12-17)29-4/h7-8,11-13,16H,6,9-10,14-15H2,1-5H3,(H2,25,26,27). The minimum atomic E-state index is 0.425. The molecule has 2 aromatic rings. The molecule has 0 amide bonds. The van der Waals surface area contributed by atoms with Crippen molar-refractivity contribution in [1.29, 1.82) is 0 Å². The van der Waals surface area contributed by atoms with Gasteiger partial charge in [0.1, 0.15) is 0 Å². The van der Waals surface area contributed by atoms with Crippen LogP contribution in [0, 0.1) is 5.92 Å². The van der Waals surface area contributed by atoms with Gasteiger partial charge in [-0.1, -0.05) is 13.8 Å². The third-order valence-electron chi connectivity index (χ3n) is 4.83. The molecule has 1 heterocycles. The van der Waals surface area contributed by atoms with E-state index < -0.39 is 0 Å². The number of anilines is 1. The maximum atomic E-state index is 5.81. The minimum absolute atomic E-state index is 0.425. The Morgan fingerprint density at radius 1 is 0.969 bits per heavy atom. The van der Waals surface area contributed by atoms with E-state index in [4.69, 9.17) is 28.7 Å². The van der Waals surface area contributed by atoms with E-state index in [0.717, 1.165) is 35.7 Å². The molecule has 0 fully saturated rings. The second kappa shape index (κ2) is 11.4. The van der Waals surface area contributed by atoms with E-state index in [1.807, 2.05) is 30.3 Å². The molecular weight excluding hydrogens is 410 g/mol. The Bertz CT molecular complexity index is 905. The predicted molar refractivity (Wildman–Crippen MR) is 126 cm³/mol. The topological polar surface area (TPSA) is 82.6 Å². The number of aliphatic imine (C=N–C) groups is 1. The second-order valence-corrected chi connectivity index (χ2v) is 7.81. The van der Waals surface area contributed by atoms with Crippen LogP contribution >= 0.6 is 0 Å². The van der Waals surface area contributed by atoms with Gasteiger partial charge in [0.25, 0.3) is 0 Å². The smallest absolute Gasteiger partial charge is 0.203 e. The lowest BCUT2D eigenvalue weighted by atomic mass is 10.2. The number of nitrogens with zero attached hydrogens (tertiary/aromatic N) is 1. The van der Waals surface area contributed by atoms with Gasteiger partial charge in [0.15, 0.2) is 29.0 Å². The molecule has 0 saturated carbocycles. The lowest BCUT2D eigenvalue weighted by molar-refractivity contribution is 0.297. The molecule has 2 aromatic carbocycles. The monoisotopic (exact) mass is 443 g/mol. The largest absolute Gasteiger partial charge is 0.493 e. The van der Waals surface area contributed by atoms with E-state index >= 15 is 0 Å². The lowest BCUT2D eigenvalue weighted by Crippen LogP contribution is -2.33. The van der Waals surface area contributed by atoms with Gasteiger partial charge in [0.2, 0.25) is 5.75 Å². The molecule has 0 saturated heterocycles. The minimum Gasteiger partial charge on any atom is -0.493 e. The zero-order valence-corrected chi connectivity index (χ0v) is 19.5. The van der Waals surface area contributed by atoms with Gasteiger partial charge in [0.05, 0.1) is 41.1 Å². The first-order valence-corrected chi connectivity index (χ1v) is 10.8. The summed E-state index contributed by atoms with van der Waals surface area (Å²) in [4.78, 5) is 4.77. The predicted octanol–water partition coefficient (Wildman–Crippen LogP) is 4.09. The highest BCUT2D eigenvalue weighted by molar-refractivity contribution is 5.94. The van der Waals surface area contributed by atoms with Crippen molar-refractivity contribution in [1.82, 2.24) is 5.32 Å². The molecular formula is C24H33N3O5. The molecule has 1 aliphatic rings. The highest BCUT2D eigenvalue weighted by Crippen LogP contribution is 2.38. The van der Waals surface area contributed by atoms with Gasteiger partial charge >= 0.3 is 0 Å². The van der Waals surface area contributed by atoms with E-state index in [0.29, 0.717) is 48.9 Å². The summed E-state index contributed by atoms with van der Waals surface area (Å²) in [6.45, 7) is 6.82. The van der Waals surface area contributed by atoms with Crippen molar-refractivity contribution in [2.45, 2.75) is 26.8 Å². The number of nitrogens with one attached hydrogen (secondary N) is 2. The van der Waals surface area contributed by atoms with Gasteiger partial charge in [-0.05, 0) is 35.7 Å². The molecule has 1 aliphatic heterocycles. The molecule has 0 spiro atoms. The third-order valence-corrected chi connectivity index (χ3v) is 4.83. The second-order valence-electron chi connectivity index (χ2n) is 7.81. The molecule has 0 atom stereocenters. The van der Waals surface area contributed by atoms with Crippen LogP contribution in [0.5, 0.6) is 28.7 Å². The first kappa shape index (κ1) is 23.4. The number of hydrogen-bond acceptors (Lipinski definition) is 6. The maximum Gasteiger partial charge on any atom is 0.203 e. The fourth-order valence-electron chi connectivity index (χ4n) is 3.22. The first-order valence-electron chi connectivity index (χ1n) is 10.8. The maximum absolute atomic E-state index is 5.81. The Balaban J connectivity index is 1.82. The van der Waals surface area contributed by atoms with Crippen LogP contribution in [0.4, 0.5) is 5.69 Å². The number of ether oxygens (including phenoxy) is 5. The van der Waals surface area contributed by atoms with Crippen molar-refractivity contribution in [2.75, 3.05) is 46.4 Å². The van der Waals surface area contributed by atoms with Gasteiger partial charge in [-0.15, -0.1) is 0 Å². The van der Waals surface area contributed by atoms with Crippen LogP contribution in [0.2, 0.25) is 0 Å². The van der Waals surface area contributed by atoms with Crippen LogP contribution in [0.15, 0.2) is 35.3 Å². The number of rotatable bonds is 8. The number of benzene rings is 2. The molecule has 0 unspecified atom stereocenters. The Labute approximate surface area is 189 Å². The fraction of sp³-hybridized carbons (Fsp3) is 0.458. The van der Waals surface area contributed by atoms with E-state index in [-0.39, 0.29) is 0 Å². The zero-order valence-electron chi connectivity index (χ0n) is 19.5. The summed E-state index contributed by atoms with van der Waals surface area (Å²) in [6.07, 6.45) is 0.870. The van der Waals surface area contributed by atoms with E-state index in [1.165, 1.54) is 0 Å². The van der Waals surface area contributed by atoms with Crippen molar-refractivity contribution in [3.8, 4) is 28.7 Å². The van der Waals surface area contributed by atoms with E-state index in [2.05, 4.69) is 24.5 Å². The summed E-state index contributed by atoms with van der Waals surface area (Å²) in [5.74, 6) is 4.40. The summed E-state index contributed by atoms with van der Waals surface area (Å²) < 4.78 is 27.8. The van der Waals surface area contributed by atoms with E-state index in [1.54, 1.807) is 21.3 Å². The molecule has 174 valence electrons. The average Bonchev–Trinajstić information content (AvgIpc) is 3.04. The third kappa shape index (κ3) is 6.12. The number of fused-ring (bicyclic) bond motifs is 1. The molecule has 0 aromatic heterocycles. The highest BCUT2D eigenvalue weighted by Gasteiger charge is 2.14. The number of guanidine groups is 1. The van der Waals surface area contributed by atoms with Gasteiger partial charge in [-0.2, -0.15) is 0 Å². The van der Waals surface area contributed by atoms with Crippen molar-refractivity contribution in [2.24, 2.45) is 10.9 Å². The molecule has 8 nitrogen and oxygen atoms in total. The van der Waals surface area contributed by atoms with Crippen molar-refractivity contribution in [3.05, 3.63) is 35.9 Å². The summed E-state index contributed by atoms with van der Waals surface area (Å²) >= 11 is 0. The van der Waals surface area contributed by atoms with Crippen molar-refractivity contribution >= 4 is 11.6 Å². The quantitative estimate of drug-likeness (QED) is 0.470. The van der Waals surface area contributed by atoms with Crippen LogP contribution in [-0.4, -0.2) is 47.0 Å². The Hall–Kier alpha value is -3.29. The van der Waals surface area contributed by atoms with Crippen molar-refractivity contribution in [3.63, 3.8) is 0 Å². The zero-order chi connectivity index (χ0) is 22.9. The van der Waals surface area contributed by atoms with Crippen LogP contribution in [0.25, 0.3) is 0 Å². The average molecular weight is 444 g/mol. The molecule has 0 bridgehead atoms. The van der Waals surface area contributed by atoms with E-state index in [9.17, 15) is 0 Å².